The number of aromatic nitrogens is 1. The summed E-state index contributed by atoms with van der Waals surface area (Å²) in [6.45, 7) is 0. The summed E-state index contributed by atoms with van der Waals surface area (Å²) in [4.78, 5) is 14.1. The normalized spacial score (nSPS) is 12.5. The van der Waals surface area contributed by atoms with Gasteiger partial charge < -0.3 is 10.2 Å². The number of aliphatic hydroxyl groups is 1. The molecule has 0 unspecified atom stereocenters. The first-order chi connectivity index (χ1) is 6.09. The predicted octanol–water partition coefficient (Wildman–Crippen LogP) is 1.35. The predicted molar refractivity (Wildman–Crippen MR) is 49.1 cm³/mol. The number of rotatable bonds is 3. The average Bonchev–Trinajstić information content (AvgIpc) is 2.04. The lowest BCUT2D eigenvalue weighted by atomic mass is 10.1. The van der Waals surface area contributed by atoms with E-state index in [2.05, 4.69) is 20.9 Å². The Kier molecular flexibility index (Phi) is 3.39. The number of carboxylic acids is 1. The zero-order valence-electron chi connectivity index (χ0n) is 6.64. The Morgan fingerprint density at radius 3 is 2.77 bits per heavy atom. The summed E-state index contributed by atoms with van der Waals surface area (Å²) in [5, 5.41) is 17.8. The van der Waals surface area contributed by atoms with Crippen LogP contribution < -0.4 is 0 Å². The van der Waals surface area contributed by atoms with Gasteiger partial charge in [-0.3, -0.25) is 4.79 Å². The van der Waals surface area contributed by atoms with Crippen molar-refractivity contribution in [1.29, 1.82) is 0 Å². The number of aliphatic carboxylic acids is 1. The van der Waals surface area contributed by atoms with Gasteiger partial charge in [0.1, 0.15) is 4.60 Å². The molecule has 70 valence electrons. The third-order valence-electron chi connectivity index (χ3n) is 1.50. The molecule has 0 saturated heterocycles. The van der Waals surface area contributed by atoms with Gasteiger partial charge in [-0.15, -0.1) is 0 Å². The number of carbonyl (C=O) groups is 1. The van der Waals surface area contributed by atoms with Crippen LogP contribution in [0.25, 0.3) is 0 Å². The minimum Gasteiger partial charge on any atom is -0.481 e. The van der Waals surface area contributed by atoms with Crippen LogP contribution in [-0.4, -0.2) is 21.2 Å². The Bertz CT molecular complexity index is 299. The maximum Gasteiger partial charge on any atom is 0.306 e. The molecule has 1 aromatic heterocycles. The first-order valence-corrected chi connectivity index (χ1v) is 4.40. The van der Waals surface area contributed by atoms with Gasteiger partial charge >= 0.3 is 5.97 Å². The van der Waals surface area contributed by atoms with Crippen LogP contribution in [-0.2, 0) is 4.79 Å². The van der Waals surface area contributed by atoms with Gasteiger partial charge in [0.15, 0.2) is 0 Å². The quantitative estimate of drug-likeness (QED) is 0.790. The highest BCUT2D eigenvalue weighted by molar-refractivity contribution is 9.10. The van der Waals surface area contributed by atoms with Crippen LogP contribution in [0.3, 0.4) is 0 Å². The maximum atomic E-state index is 10.3. The van der Waals surface area contributed by atoms with Gasteiger partial charge in [-0.1, -0.05) is 6.07 Å². The van der Waals surface area contributed by atoms with Gasteiger partial charge in [0.25, 0.3) is 0 Å². The Morgan fingerprint density at radius 1 is 1.62 bits per heavy atom. The number of carboxylic acid groups (broad SMARTS) is 1. The Balaban J connectivity index is 2.71. The second kappa shape index (κ2) is 4.34. The van der Waals surface area contributed by atoms with E-state index in [4.69, 9.17) is 5.11 Å². The van der Waals surface area contributed by atoms with Gasteiger partial charge in [-0.05, 0) is 27.6 Å². The van der Waals surface area contributed by atoms with Crippen molar-refractivity contribution in [2.24, 2.45) is 0 Å². The number of halogens is 1. The van der Waals surface area contributed by atoms with Gasteiger partial charge in [-0.25, -0.2) is 4.98 Å². The van der Waals surface area contributed by atoms with E-state index >= 15 is 0 Å². The first kappa shape index (κ1) is 10.1. The van der Waals surface area contributed by atoms with E-state index in [9.17, 15) is 9.90 Å². The van der Waals surface area contributed by atoms with Gasteiger partial charge in [0, 0.05) is 6.20 Å². The fraction of sp³-hybridized carbons (Fsp3) is 0.250. The van der Waals surface area contributed by atoms with E-state index in [0.29, 0.717) is 10.2 Å². The van der Waals surface area contributed by atoms with Crippen LogP contribution in [0.1, 0.15) is 18.1 Å². The van der Waals surface area contributed by atoms with Crippen LogP contribution in [0.2, 0.25) is 0 Å². The molecule has 13 heavy (non-hydrogen) atoms. The third-order valence-corrected chi connectivity index (χ3v) is 1.97. The minimum atomic E-state index is -1.03. The fourth-order valence-corrected chi connectivity index (χ4v) is 1.10. The molecule has 0 radical (unpaired) electrons. The number of pyridine rings is 1. The van der Waals surface area contributed by atoms with Crippen LogP contribution >= 0.6 is 15.9 Å². The lowest BCUT2D eigenvalue weighted by Crippen LogP contribution is -2.05. The maximum absolute atomic E-state index is 10.3. The lowest BCUT2D eigenvalue weighted by molar-refractivity contribution is -0.139. The Labute approximate surface area is 83.4 Å². The lowest BCUT2D eigenvalue weighted by Gasteiger charge is -2.06. The summed E-state index contributed by atoms with van der Waals surface area (Å²) in [5.41, 5.74) is 0.505. The van der Waals surface area contributed by atoms with E-state index in [1.165, 1.54) is 6.20 Å². The molecule has 0 aliphatic heterocycles. The molecule has 2 N–H and O–H groups in total. The first-order valence-electron chi connectivity index (χ1n) is 3.61. The van der Waals surface area contributed by atoms with Crippen LogP contribution in [0.4, 0.5) is 0 Å². The van der Waals surface area contributed by atoms with E-state index < -0.39 is 12.1 Å². The topological polar surface area (TPSA) is 70.4 Å². The molecule has 0 aliphatic rings. The Hall–Kier alpha value is -0.940. The number of aliphatic hydroxyl groups excluding tert-OH is 1. The third kappa shape index (κ3) is 3.12. The van der Waals surface area contributed by atoms with Gasteiger partial charge in [0.2, 0.25) is 0 Å². The van der Waals surface area contributed by atoms with Crippen molar-refractivity contribution < 1.29 is 15.0 Å². The van der Waals surface area contributed by atoms with E-state index in [-0.39, 0.29) is 6.42 Å². The molecule has 4 nitrogen and oxygen atoms in total. The summed E-state index contributed by atoms with van der Waals surface area (Å²) in [6.07, 6.45) is 0.152. The minimum absolute atomic E-state index is 0.302. The molecule has 0 fully saturated rings. The SMILES string of the molecule is O=C(O)C[C@H](O)c1ccc(Br)nc1. The molecule has 0 amide bonds. The molecule has 1 rings (SSSR count). The standard InChI is InChI=1S/C8H8BrNO3/c9-7-2-1-5(4-10-7)6(11)3-8(12)13/h1-2,4,6,11H,3H2,(H,12,13)/t6-/m0/s1. The van der Waals surface area contributed by atoms with Crippen molar-refractivity contribution in [3.63, 3.8) is 0 Å². The second-order valence-electron chi connectivity index (χ2n) is 2.53. The molecular weight excluding hydrogens is 238 g/mol. The molecule has 1 atom stereocenters. The zero-order chi connectivity index (χ0) is 9.84. The fourth-order valence-electron chi connectivity index (χ4n) is 0.868. The number of nitrogens with zero attached hydrogens (tertiary/aromatic N) is 1. The van der Waals surface area contributed by atoms with Crippen LogP contribution in [0.5, 0.6) is 0 Å². The second-order valence-corrected chi connectivity index (χ2v) is 3.34. The summed E-state index contributed by atoms with van der Waals surface area (Å²) < 4.78 is 0.652. The van der Waals surface area contributed by atoms with Crippen LogP contribution in [0.15, 0.2) is 22.9 Å². The molecule has 0 aromatic carbocycles. The van der Waals surface area contributed by atoms with Crippen molar-refractivity contribution in [2.75, 3.05) is 0 Å². The van der Waals surface area contributed by atoms with E-state index in [1.807, 2.05) is 0 Å². The van der Waals surface area contributed by atoms with Crippen molar-refractivity contribution in [3.8, 4) is 0 Å². The molecule has 0 saturated carbocycles. The van der Waals surface area contributed by atoms with Crippen molar-refractivity contribution >= 4 is 21.9 Å². The molecule has 1 heterocycles. The monoisotopic (exact) mass is 245 g/mol. The summed E-state index contributed by atoms with van der Waals surface area (Å²) in [6, 6.07) is 3.28. The van der Waals surface area contributed by atoms with Gasteiger partial charge in [0.05, 0.1) is 12.5 Å². The van der Waals surface area contributed by atoms with Crippen LogP contribution in [0, 0.1) is 0 Å². The highest BCUT2D eigenvalue weighted by Crippen LogP contribution is 2.16. The smallest absolute Gasteiger partial charge is 0.306 e. The van der Waals surface area contributed by atoms with E-state index in [1.54, 1.807) is 12.1 Å². The molecule has 1 aromatic rings. The average molecular weight is 246 g/mol. The number of hydrogen-bond acceptors (Lipinski definition) is 3. The Morgan fingerprint density at radius 2 is 2.31 bits per heavy atom. The van der Waals surface area contributed by atoms with Crippen molar-refractivity contribution in [3.05, 3.63) is 28.5 Å². The molecule has 0 spiro atoms. The molecule has 0 bridgehead atoms. The number of hydrogen-bond donors (Lipinski definition) is 2. The highest BCUT2D eigenvalue weighted by atomic mass is 79.9. The summed E-state index contributed by atoms with van der Waals surface area (Å²) in [5.74, 6) is -1.03. The highest BCUT2D eigenvalue weighted by Gasteiger charge is 2.11. The van der Waals surface area contributed by atoms with E-state index in [0.717, 1.165) is 0 Å². The molecular formula is C8H8BrNO3. The molecule has 0 aliphatic carbocycles. The molecule has 5 heteroatoms. The summed E-state index contributed by atoms with van der Waals surface area (Å²) >= 11 is 3.14. The van der Waals surface area contributed by atoms with Crippen molar-refractivity contribution in [2.45, 2.75) is 12.5 Å². The largest absolute Gasteiger partial charge is 0.481 e. The zero-order valence-corrected chi connectivity index (χ0v) is 8.23. The van der Waals surface area contributed by atoms with Crippen molar-refractivity contribution in [1.82, 2.24) is 4.98 Å². The van der Waals surface area contributed by atoms with Gasteiger partial charge in [-0.2, -0.15) is 0 Å². The summed E-state index contributed by atoms with van der Waals surface area (Å²) in [7, 11) is 0.